The van der Waals surface area contributed by atoms with Gasteiger partial charge in [-0.05, 0) is 68.0 Å². The van der Waals surface area contributed by atoms with Gasteiger partial charge in [0.2, 0.25) is 5.95 Å². The molecule has 0 spiro atoms. The topological polar surface area (TPSA) is 541 Å². The number of H-pyrrole nitrogens is 2. The van der Waals surface area contributed by atoms with Gasteiger partial charge in [-0.3, -0.25) is 65.0 Å². The summed E-state index contributed by atoms with van der Waals surface area (Å²) in [5, 5.41) is 0. The van der Waals surface area contributed by atoms with E-state index >= 15 is 0 Å². The summed E-state index contributed by atoms with van der Waals surface area (Å²) < 4.78 is 129. The first-order chi connectivity index (χ1) is 48.3. The molecule has 570 valence electrons. The molecule has 9 rings (SSSR count). The van der Waals surface area contributed by atoms with Crippen LogP contribution in [0.4, 0.5) is 17.6 Å². The second-order valence-corrected chi connectivity index (χ2v) is 33.6. The highest BCUT2D eigenvalue weighted by atomic mass is 32.5. The summed E-state index contributed by atoms with van der Waals surface area (Å²) in [5.74, 6) is -0.554. The maximum atomic E-state index is 13.8. The minimum absolute atomic E-state index is 0.00234. The molecule has 5 aromatic heterocycles. The maximum Gasteiger partial charge on any atom is 0.351 e. The predicted molar refractivity (Wildman–Crippen MR) is 364 cm³/mol. The minimum Gasteiger partial charge on any atom is -0.383 e. The third kappa shape index (κ3) is 19.6. The highest BCUT2D eigenvalue weighted by Gasteiger charge is 2.58. The van der Waals surface area contributed by atoms with Crippen LogP contribution in [0.25, 0.3) is 11.2 Å². The minimum atomic E-state index is -5.23. The van der Waals surface area contributed by atoms with Crippen molar-refractivity contribution in [3.63, 3.8) is 0 Å². The van der Waals surface area contributed by atoms with Crippen molar-refractivity contribution in [1.82, 2.24) is 48.2 Å². The number of aromatic amines is 2. The van der Waals surface area contributed by atoms with Crippen LogP contribution in [0.15, 0.2) is 48.9 Å². The van der Waals surface area contributed by atoms with Gasteiger partial charge in [-0.2, -0.15) is 15.0 Å². The lowest BCUT2D eigenvalue weighted by Gasteiger charge is -2.32. The summed E-state index contributed by atoms with van der Waals surface area (Å²) >= 11 is 22.4. The van der Waals surface area contributed by atoms with Crippen molar-refractivity contribution < 1.29 is 117 Å². The van der Waals surface area contributed by atoms with E-state index in [1.165, 1.54) is 54.9 Å². The highest BCUT2D eigenvalue weighted by molar-refractivity contribution is 8.08. The number of fused-ring (bicyclic) bond motifs is 1. The summed E-state index contributed by atoms with van der Waals surface area (Å²) in [4.78, 5) is 136. The quantitative estimate of drug-likeness (QED) is 0.0156. The average molecular weight is 1600 g/mol. The van der Waals surface area contributed by atoms with Gasteiger partial charge in [0.05, 0.1) is 65.8 Å². The smallest absolute Gasteiger partial charge is 0.351 e. The number of nitrogens with two attached hydrogens (primary N) is 3. The number of methoxy groups -OCH3 is 5. The SMILES string of the molecule is COCCO[C@H]1C(OP(O)(=S)O[C@H]2O[C@@H](n3cc(C)c(=O)[nH]c3=O)[C@@H](OCCOC)C2OP(O)(=S)O[C@H]2O[C@@H](n3cnc4c(=O)[nH]c(N)nc43)[C@@H](OCCOC)C2OP(O)(=S)OC[C@H]2O[C@@H](n3cc(C)c(N)nc3=O)[C@@H](OCCOC)C2OP(O)(=S)OC)[C@@H](OC)O[C@H]1n1cc(C)c(N)nc1=O. The first-order valence-corrected chi connectivity index (χ1v) is 40.6. The van der Waals surface area contributed by atoms with Crippen LogP contribution in [0.5, 0.6) is 0 Å². The number of nitrogen functional groups attached to an aromatic ring is 3. The van der Waals surface area contributed by atoms with Crippen LogP contribution in [-0.4, -0.2) is 244 Å². The van der Waals surface area contributed by atoms with E-state index in [4.69, 9.17) is 162 Å². The van der Waals surface area contributed by atoms with E-state index in [2.05, 4.69) is 29.9 Å². The van der Waals surface area contributed by atoms with Gasteiger partial charge in [-0.1, -0.05) is 0 Å². The maximum absolute atomic E-state index is 13.8. The molecule has 102 heavy (non-hydrogen) atoms. The van der Waals surface area contributed by atoms with Gasteiger partial charge in [0, 0.05) is 77.9 Å². The standard InChI is InChI=1S/C51H77N13O30P4S4/c1-23-18-61(49(67)56-36(23)52)41-29(80-14-10-74-4)28(89-95(70,99)79-9)26(85-41)21-84-96(71,100)90-34-32(83-17-13-77-7)44(64-22-55-27-38(64)58-48(54)59-40(27)66)88-46(34)93-98(73,102)92-35-31(82-16-12-76-6)43(63-20-25(3)39(65)60-51(63)69)87-47(35)94-97(72,101)91-33-30(81-15-11-75-5)42(86-45(33)78-8)62-19-24(2)37(53)57-50(62)68/h18-20,22,26,28-35,41-47H,10-17,21H2,1-9H3,(H,70,99)(H,71,100)(H,72,101)(H,73,102)(H2,52,56,67)(H2,53,57,68)(H,60,65,69)(H3,54,58,59,66)/t26-,28?,29+,30+,31+,32+,33?,34?,35?,41-,42-,43-,44-,45+,46-,47-,95?,96?,97?,98?/m1/s1. The Morgan fingerprint density at radius 3 is 1.36 bits per heavy atom. The summed E-state index contributed by atoms with van der Waals surface area (Å²) in [6.07, 6.45) is -22.0. The summed E-state index contributed by atoms with van der Waals surface area (Å²) in [6, 6.07) is 0. The molecule has 8 unspecified atom stereocenters. The van der Waals surface area contributed by atoms with E-state index in [9.17, 15) is 43.5 Å². The van der Waals surface area contributed by atoms with Crippen LogP contribution in [0.3, 0.4) is 0 Å². The average Bonchev–Trinajstić information content (AvgIpc) is 1.62. The largest absolute Gasteiger partial charge is 0.383 e. The Morgan fingerprint density at radius 1 is 0.480 bits per heavy atom. The number of aromatic nitrogens is 10. The Bertz CT molecular complexity index is 4260. The lowest BCUT2D eigenvalue weighted by molar-refractivity contribution is -0.165. The molecule has 4 saturated heterocycles. The van der Waals surface area contributed by atoms with Crippen LogP contribution >= 0.6 is 26.9 Å². The number of nitrogens with zero attached hydrogens (tertiary/aromatic N) is 8. The Hall–Kier alpha value is -4.21. The number of aryl methyl sites for hydroxylation is 3. The molecule has 0 aromatic carbocycles. The molecule has 51 heteroatoms. The Labute approximate surface area is 598 Å². The van der Waals surface area contributed by atoms with E-state index in [-0.39, 0.29) is 87.2 Å². The third-order valence-corrected chi connectivity index (χ3v) is 21.8. The fraction of sp³-hybridized carbons (Fsp3) is 0.667. The number of ether oxygens (including phenoxy) is 13. The molecule has 0 saturated carbocycles. The molecule has 0 bridgehead atoms. The van der Waals surface area contributed by atoms with E-state index in [1.807, 2.05) is 0 Å². The molecule has 4 aliphatic rings. The number of imidazole rings is 1. The van der Waals surface area contributed by atoms with Gasteiger partial charge >= 0.3 is 43.9 Å². The molecular formula is C51H77N13O30P4S4. The van der Waals surface area contributed by atoms with E-state index in [1.54, 1.807) is 13.8 Å². The molecule has 0 aliphatic carbocycles. The van der Waals surface area contributed by atoms with Gasteiger partial charge in [0.25, 0.3) is 11.1 Å². The molecule has 20 atom stereocenters. The van der Waals surface area contributed by atoms with Crippen molar-refractivity contribution in [2.75, 3.05) is 119 Å². The first-order valence-electron chi connectivity index (χ1n) is 30.2. The number of hydrogen-bond donors (Lipinski definition) is 9. The van der Waals surface area contributed by atoms with E-state index < -0.39 is 160 Å². The molecule has 0 radical (unpaired) electrons. The predicted octanol–water partition coefficient (Wildman–Crippen LogP) is -1.81. The summed E-state index contributed by atoms with van der Waals surface area (Å²) in [5.41, 5.74) is 13.7. The van der Waals surface area contributed by atoms with Gasteiger partial charge in [0.15, 0.2) is 54.9 Å². The van der Waals surface area contributed by atoms with Crippen molar-refractivity contribution in [3.05, 3.63) is 93.8 Å². The fourth-order valence-corrected chi connectivity index (χ4v) is 16.2. The zero-order valence-corrected chi connectivity index (χ0v) is 62.4. The lowest BCUT2D eigenvalue weighted by atomic mass is 10.1. The zero-order chi connectivity index (χ0) is 74.3. The zero-order valence-electron chi connectivity index (χ0n) is 55.5. The van der Waals surface area contributed by atoms with Gasteiger partial charge in [-0.15, -0.1) is 0 Å². The van der Waals surface area contributed by atoms with Crippen molar-refractivity contribution in [2.24, 2.45) is 0 Å². The summed E-state index contributed by atoms with van der Waals surface area (Å²) in [7, 11) is 7.77. The van der Waals surface area contributed by atoms with Crippen LogP contribution in [0.1, 0.15) is 41.6 Å². The third-order valence-electron chi connectivity index (χ3n) is 15.5. The van der Waals surface area contributed by atoms with Gasteiger partial charge in [-0.25, -0.2) is 19.4 Å². The lowest BCUT2D eigenvalue weighted by Crippen LogP contribution is -2.42. The molecule has 0 amide bonds. The van der Waals surface area contributed by atoms with Crippen LogP contribution in [-0.2, 0) is 145 Å². The Morgan fingerprint density at radius 2 is 0.892 bits per heavy atom. The molecule has 4 fully saturated rings. The monoisotopic (exact) mass is 1600 g/mol. The van der Waals surface area contributed by atoms with Crippen LogP contribution in [0.2, 0.25) is 0 Å². The number of nitrogens with one attached hydrogen (secondary N) is 2. The first kappa shape index (κ1) is 81.9. The molecule has 4 aliphatic heterocycles. The second kappa shape index (κ2) is 35.2. The second-order valence-electron chi connectivity index (χ2n) is 22.4. The molecular weight excluding hydrogens is 1530 g/mol. The van der Waals surface area contributed by atoms with Crippen molar-refractivity contribution >= 4 is 103 Å². The Balaban J connectivity index is 1.09. The number of hydrogen-bond acceptors (Lipinski definition) is 37. The number of rotatable bonds is 37. The van der Waals surface area contributed by atoms with Gasteiger partial charge in [0.1, 0.15) is 66.6 Å². The summed E-state index contributed by atoms with van der Waals surface area (Å²) in [6.45, 7) is -16.9. The van der Waals surface area contributed by atoms with Crippen LogP contribution < -0.4 is 45.4 Å². The van der Waals surface area contributed by atoms with E-state index in [0.717, 1.165) is 37.9 Å². The van der Waals surface area contributed by atoms with Gasteiger partial charge < -0.3 is 107 Å². The van der Waals surface area contributed by atoms with E-state index in [0.29, 0.717) is 11.1 Å². The molecule has 43 nitrogen and oxygen atoms in total. The van der Waals surface area contributed by atoms with Crippen molar-refractivity contribution in [3.8, 4) is 0 Å². The van der Waals surface area contributed by atoms with Crippen molar-refractivity contribution in [2.45, 2.75) is 119 Å². The number of anilines is 3. The normalized spacial score (nSPS) is 29.1. The Kier molecular flexibility index (Phi) is 28.3. The highest BCUT2D eigenvalue weighted by Crippen LogP contribution is 2.59. The fourth-order valence-electron chi connectivity index (χ4n) is 10.8. The molecule has 9 heterocycles. The molecule has 12 N–H and O–H groups in total. The molecule has 5 aromatic rings. The van der Waals surface area contributed by atoms with Crippen molar-refractivity contribution in [1.29, 1.82) is 0 Å². The van der Waals surface area contributed by atoms with Crippen LogP contribution in [0, 0.1) is 20.8 Å².